The molecule has 132 valence electrons. The first-order valence-corrected chi connectivity index (χ1v) is 8.09. The molecule has 0 saturated carbocycles. The van der Waals surface area contributed by atoms with Crippen LogP contribution in [0.1, 0.15) is 38.3 Å². The van der Waals surface area contributed by atoms with Crippen molar-refractivity contribution < 1.29 is 19.4 Å². The molecule has 3 atom stereocenters. The van der Waals surface area contributed by atoms with Crippen molar-refractivity contribution in [2.45, 2.75) is 44.8 Å². The third-order valence-electron chi connectivity index (χ3n) is 4.04. The van der Waals surface area contributed by atoms with Gasteiger partial charge < -0.3 is 15.2 Å². The minimum atomic E-state index is -1.01. The molecule has 7 nitrogen and oxygen atoms in total. The lowest BCUT2D eigenvalue weighted by molar-refractivity contribution is -0.142. The molecule has 0 aliphatic carbocycles. The number of methoxy groups -OCH3 is 1. The van der Waals surface area contributed by atoms with Gasteiger partial charge in [-0.25, -0.2) is 15.6 Å². The molecule has 1 aliphatic rings. The van der Waals surface area contributed by atoms with Crippen LogP contribution in [-0.2, 0) is 9.59 Å². The Balaban J connectivity index is 1.96. The maximum absolute atomic E-state index is 12.3. The monoisotopic (exact) mass is 335 g/mol. The van der Waals surface area contributed by atoms with Crippen LogP contribution >= 0.6 is 0 Å². The Morgan fingerprint density at radius 2 is 2.12 bits per heavy atom. The van der Waals surface area contributed by atoms with Crippen molar-refractivity contribution in [1.29, 1.82) is 0 Å². The summed E-state index contributed by atoms with van der Waals surface area (Å²) in [5.74, 6) is -0.371. The quantitative estimate of drug-likeness (QED) is 0.598. The topological polar surface area (TPSA) is 99.7 Å². The smallest absolute Gasteiger partial charge is 0.326 e. The van der Waals surface area contributed by atoms with Crippen molar-refractivity contribution in [2.24, 2.45) is 5.92 Å². The molecule has 1 aromatic rings. The highest BCUT2D eigenvalue weighted by Gasteiger charge is 2.32. The first-order valence-electron chi connectivity index (χ1n) is 8.09. The second kappa shape index (κ2) is 8.12. The molecule has 1 heterocycles. The van der Waals surface area contributed by atoms with E-state index in [4.69, 9.17) is 4.74 Å². The third kappa shape index (κ3) is 4.69. The molecule has 1 aliphatic heterocycles. The molecule has 1 fully saturated rings. The predicted molar refractivity (Wildman–Crippen MR) is 89.4 cm³/mol. The maximum Gasteiger partial charge on any atom is 0.326 e. The summed E-state index contributed by atoms with van der Waals surface area (Å²) in [6.07, 6.45) is 0.938. The Hall–Kier alpha value is -2.12. The van der Waals surface area contributed by atoms with Gasteiger partial charge in [0.15, 0.2) is 0 Å². The Morgan fingerprint density at radius 3 is 2.75 bits per heavy atom. The minimum absolute atomic E-state index is 0.0378. The van der Waals surface area contributed by atoms with Crippen LogP contribution in [0, 0.1) is 5.92 Å². The first-order chi connectivity index (χ1) is 11.4. The molecular formula is C17H25N3O4. The largest absolute Gasteiger partial charge is 0.497 e. The van der Waals surface area contributed by atoms with Gasteiger partial charge in [-0.2, -0.15) is 0 Å². The van der Waals surface area contributed by atoms with E-state index >= 15 is 0 Å². The Kier molecular flexibility index (Phi) is 6.16. The number of nitrogens with one attached hydrogen (secondary N) is 3. The summed E-state index contributed by atoms with van der Waals surface area (Å²) in [6.45, 7) is 3.85. The molecule has 3 unspecified atom stereocenters. The summed E-state index contributed by atoms with van der Waals surface area (Å²) in [7, 11) is 1.61. The molecular weight excluding hydrogens is 310 g/mol. The van der Waals surface area contributed by atoms with Gasteiger partial charge in [0.05, 0.1) is 7.11 Å². The van der Waals surface area contributed by atoms with E-state index in [0.717, 1.165) is 11.3 Å². The second-order valence-electron chi connectivity index (χ2n) is 6.44. The van der Waals surface area contributed by atoms with Gasteiger partial charge in [-0.15, -0.1) is 0 Å². The highest BCUT2D eigenvalue weighted by molar-refractivity contribution is 5.87. The van der Waals surface area contributed by atoms with E-state index in [9.17, 15) is 14.7 Å². The molecule has 1 aromatic carbocycles. The first kappa shape index (κ1) is 18.2. The van der Waals surface area contributed by atoms with E-state index in [2.05, 4.69) is 16.2 Å². The number of hydrogen-bond donors (Lipinski definition) is 4. The standard InChI is InChI=1S/C17H25N3O4/c1-10(2)7-15(17(22)23)18-16(21)14-9-13(19-20-14)11-5-4-6-12(8-11)24-3/h4-6,8,10,13-15,19-20H,7,9H2,1-3H3,(H,18,21)(H,22,23). The predicted octanol–water partition coefficient (Wildman–Crippen LogP) is 1.22. The number of rotatable bonds is 7. The van der Waals surface area contributed by atoms with Crippen molar-refractivity contribution in [2.75, 3.05) is 7.11 Å². The number of ether oxygens (including phenoxy) is 1. The number of carbonyl (C=O) groups is 2. The molecule has 1 saturated heterocycles. The summed E-state index contributed by atoms with van der Waals surface area (Å²) in [5, 5.41) is 11.9. The second-order valence-corrected chi connectivity index (χ2v) is 6.44. The van der Waals surface area contributed by atoms with Gasteiger partial charge in [-0.05, 0) is 36.5 Å². The maximum atomic E-state index is 12.3. The van der Waals surface area contributed by atoms with Gasteiger partial charge in [0.2, 0.25) is 5.91 Å². The lowest BCUT2D eigenvalue weighted by Gasteiger charge is -2.18. The van der Waals surface area contributed by atoms with Crippen LogP contribution in [0.3, 0.4) is 0 Å². The van der Waals surface area contributed by atoms with Gasteiger partial charge in [0, 0.05) is 6.04 Å². The number of carbonyl (C=O) groups excluding carboxylic acids is 1. The zero-order valence-electron chi connectivity index (χ0n) is 14.2. The van der Waals surface area contributed by atoms with Crippen LogP contribution in [0.25, 0.3) is 0 Å². The Labute approximate surface area is 141 Å². The molecule has 0 spiro atoms. The van der Waals surface area contributed by atoms with E-state index in [1.165, 1.54) is 0 Å². The highest BCUT2D eigenvalue weighted by atomic mass is 16.5. The van der Waals surface area contributed by atoms with E-state index in [-0.39, 0.29) is 17.9 Å². The summed E-state index contributed by atoms with van der Waals surface area (Å²) in [6, 6.07) is 6.25. The fraction of sp³-hybridized carbons (Fsp3) is 0.529. The average molecular weight is 335 g/mol. The fourth-order valence-electron chi connectivity index (χ4n) is 2.77. The van der Waals surface area contributed by atoms with E-state index in [1.54, 1.807) is 7.11 Å². The molecule has 4 N–H and O–H groups in total. The number of benzene rings is 1. The van der Waals surface area contributed by atoms with E-state index < -0.39 is 18.1 Å². The summed E-state index contributed by atoms with van der Waals surface area (Å²) >= 11 is 0. The van der Waals surface area contributed by atoms with Gasteiger partial charge >= 0.3 is 5.97 Å². The zero-order chi connectivity index (χ0) is 17.7. The number of amides is 1. The van der Waals surface area contributed by atoms with Gasteiger partial charge in [-0.3, -0.25) is 4.79 Å². The highest BCUT2D eigenvalue weighted by Crippen LogP contribution is 2.25. The molecule has 0 aromatic heterocycles. The number of hydrogen-bond acceptors (Lipinski definition) is 5. The number of carboxylic acid groups (broad SMARTS) is 1. The van der Waals surface area contributed by atoms with Crippen molar-refractivity contribution in [1.82, 2.24) is 16.2 Å². The van der Waals surface area contributed by atoms with E-state index in [0.29, 0.717) is 12.8 Å². The van der Waals surface area contributed by atoms with Crippen LogP contribution in [0.2, 0.25) is 0 Å². The molecule has 0 bridgehead atoms. The minimum Gasteiger partial charge on any atom is -0.497 e. The van der Waals surface area contributed by atoms with Crippen molar-refractivity contribution in [3.8, 4) is 5.75 Å². The lowest BCUT2D eigenvalue weighted by Crippen LogP contribution is -2.49. The molecule has 2 rings (SSSR count). The van der Waals surface area contributed by atoms with Gasteiger partial charge in [0.1, 0.15) is 17.8 Å². The number of hydrazine groups is 1. The van der Waals surface area contributed by atoms with Crippen molar-refractivity contribution >= 4 is 11.9 Å². The summed E-state index contributed by atoms with van der Waals surface area (Å²) < 4.78 is 5.21. The van der Waals surface area contributed by atoms with Gasteiger partial charge in [0.25, 0.3) is 0 Å². The van der Waals surface area contributed by atoms with Gasteiger partial charge in [-0.1, -0.05) is 26.0 Å². The van der Waals surface area contributed by atoms with Crippen LogP contribution in [-0.4, -0.2) is 36.2 Å². The zero-order valence-corrected chi connectivity index (χ0v) is 14.2. The molecule has 24 heavy (non-hydrogen) atoms. The average Bonchev–Trinajstić information content (AvgIpc) is 3.04. The molecule has 7 heteroatoms. The Bertz CT molecular complexity index is 591. The van der Waals surface area contributed by atoms with E-state index in [1.807, 2.05) is 38.1 Å². The van der Waals surface area contributed by atoms with Crippen molar-refractivity contribution in [3.63, 3.8) is 0 Å². The number of aliphatic carboxylic acids is 1. The normalized spacial score (nSPS) is 21.5. The van der Waals surface area contributed by atoms with Crippen LogP contribution < -0.4 is 20.9 Å². The van der Waals surface area contributed by atoms with Crippen molar-refractivity contribution in [3.05, 3.63) is 29.8 Å². The summed E-state index contributed by atoms with van der Waals surface area (Å²) in [4.78, 5) is 23.6. The lowest BCUT2D eigenvalue weighted by atomic mass is 10.0. The Morgan fingerprint density at radius 1 is 1.38 bits per heavy atom. The third-order valence-corrected chi connectivity index (χ3v) is 4.04. The molecule has 1 amide bonds. The summed E-state index contributed by atoms with van der Waals surface area (Å²) in [5.41, 5.74) is 7.04. The van der Waals surface area contributed by atoms with Crippen LogP contribution in [0.5, 0.6) is 5.75 Å². The fourth-order valence-corrected chi connectivity index (χ4v) is 2.77. The SMILES string of the molecule is COc1cccc(C2CC(C(=O)NC(CC(C)C)C(=O)O)NN2)c1. The molecule has 0 radical (unpaired) electrons. The van der Waals surface area contributed by atoms with Crippen LogP contribution in [0.15, 0.2) is 24.3 Å². The van der Waals surface area contributed by atoms with Crippen LogP contribution in [0.4, 0.5) is 0 Å². The number of carboxylic acids is 1.